The monoisotopic (exact) mass is 384 g/mol. The smallest absolute Gasteiger partial charge is 0.243 e. The Bertz CT molecular complexity index is 1180. The fraction of sp³-hybridized carbons (Fsp3) is 0.105. The molecule has 8 heteroatoms. The first-order valence-corrected chi connectivity index (χ1v) is 9.81. The highest BCUT2D eigenvalue weighted by molar-refractivity contribution is 7.89. The molecule has 0 saturated heterocycles. The minimum absolute atomic E-state index is 0.0664. The van der Waals surface area contributed by atoms with Gasteiger partial charge in [-0.05, 0) is 23.3 Å². The van der Waals surface area contributed by atoms with E-state index in [-0.39, 0.29) is 16.8 Å². The van der Waals surface area contributed by atoms with Crippen molar-refractivity contribution in [2.45, 2.75) is 18.0 Å². The molecule has 0 aliphatic rings. The van der Waals surface area contributed by atoms with Gasteiger partial charge in [-0.15, -0.1) is 0 Å². The van der Waals surface area contributed by atoms with Crippen molar-refractivity contribution in [3.63, 3.8) is 0 Å². The summed E-state index contributed by atoms with van der Waals surface area (Å²) in [5.41, 5.74) is 2.26. The van der Waals surface area contributed by atoms with E-state index in [4.69, 9.17) is 0 Å². The number of hydrogen-bond acceptors (Lipinski definition) is 3. The van der Waals surface area contributed by atoms with Gasteiger partial charge in [0.1, 0.15) is 10.7 Å². The number of rotatable bonds is 6. The third-order valence-electron chi connectivity index (χ3n) is 4.39. The number of sulfonamides is 1. The minimum Gasteiger partial charge on any atom is -0.360 e. The van der Waals surface area contributed by atoms with Crippen LogP contribution in [0.3, 0.4) is 0 Å². The molecule has 4 rings (SSSR count). The van der Waals surface area contributed by atoms with E-state index in [1.807, 2.05) is 35.0 Å². The Kier molecular flexibility index (Phi) is 4.51. The van der Waals surface area contributed by atoms with Crippen LogP contribution in [0.1, 0.15) is 11.1 Å². The van der Waals surface area contributed by atoms with Gasteiger partial charge in [0.15, 0.2) is 0 Å². The zero-order valence-electron chi connectivity index (χ0n) is 14.3. The van der Waals surface area contributed by atoms with Gasteiger partial charge >= 0.3 is 0 Å². The quantitative estimate of drug-likeness (QED) is 0.536. The van der Waals surface area contributed by atoms with Gasteiger partial charge in [0.25, 0.3) is 0 Å². The molecule has 6 nitrogen and oxygen atoms in total. The van der Waals surface area contributed by atoms with Crippen molar-refractivity contribution < 1.29 is 12.8 Å². The summed E-state index contributed by atoms with van der Waals surface area (Å²) >= 11 is 0. The Morgan fingerprint density at radius 2 is 1.93 bits per heavy atom. The second-order valence-corrected chi connectivity index (χ2v) is 7.88. The van der Waals surface area contributed by atoms with Crippen LogP contribution in [0.25, 0.3) is 10.9 Å². The van der Waals surface area contributed by atoms with Crippen LogP contribution in [0.15, 0.2) is 72.3 Å². The van der Waals surface area contributed by atoms with Gasteiger partial charge in [-0.2, -0.15) is 0 Å². The molecule has 0 saturated carbocycles. The molecule has 2 aromatic carbocycles. The molecular weight excluding hydrogens is 367 g/mol. The van der Waals surface area contributed by atoms with Gasteiger partial charge in [0.2, 0.25) is 10.0 Å². The summed E-state index contributed by atoms with van der Waals surface area (Å²) in [6.45, 7) is 0.688. The van der Waals surface area contributed by atoms with Crippen LogP contribution in [0.4, 0.5) is 4.39 Å². The maximum absolute atomic E-state index is 14.1. The number of imidazole rings is 1. The Balaban J connectivity index is 1.60. The number of aromatic amines is 1. The zero-order valence-corrected chi connectivity index (χ0v) is 15.1. The molecule has 0 unspecified atom stereocenters. The van der Waals surface area contributed by atoms with Crippen LogP contribution in [-0.2, 0) is 23.1 Å². The SMILES string of the molecule is O=S(=O)(NCc1ccccc1Cn1ccnc1)c1c[nH]c2cccc(F)c12. The maximum Gasteiger partial charge on any atom is 0.243 e. The number of fused-ring (bicyclic) bond motifs is 1. The lowest BCUT2D eigenvalue weighted by Crippen LogP contribution is -2.24. The molecule has 4 aromatic rings. The molecular formula is C19H17FN4O2S. The molecule has 0 bridgehead atoms. The summed E-state index contributed by atoms with van der Waals surface area (Å²) in [7, 11) is -3.88. The summed E-state index contributed by atoms with van der Waals surface area (Å²) in [6, 6.07) is 12.0. The number of H-pyrrole nitrogens is 1. The van der Waals surface area contributed by atoms with Gasteiger partial charge in [-0.3, -0.25) is 0 Å². The molecule has 0 atom stereocenters. The highest BCUT2D eigenvalue weighted by Gasteiger charge is 2.21. The first-order chi connectivity index (χ1) is 13.0. The lowest BCUT2D eigenvalue weighted by Gasteiger charge is -2.11. The third-order valence-corrected chi connectivity index (χ3v) is 5.82. The van der Waals surface area contributed by atoms with E-state index < -0.39 is 15.8 Å². The first-order valence-electron chi connectivity index (χ1n) is 8.32. The third kappa shape index (κ3) is 3.49. The molecule has 0 spiro atoms. The van der Waals surface area contributed by atoms with Crippen molar-refractivity contribution in [2.75, 3.05) is 0 Å². The highest BCUT2D eigenvalue weighted by atomic mass is 32.2. The van der Waals surface area contributed by atoms with Crippen molar-refractivity contribution in [2.24, 2.45) is 0 Å². The molecule has 2 N–H and O–H groups in total. The van der Waals surface area contributed by atoms with Crippen LogP contribution < -0.4 is 4.72 Å². The molecule has 2 aromatic heterocycles. The lowest BCUT2D eigenvalue weighted by molar-refractivity contribution is 0.580. The maximum atomic E-state index is 14.1. The zero-order chi connectivity index (χ0) is 18.9. The van der Waals surface area contributed by atoms with Gasteiger partial charge in [0, 0.05) is 37.2 Å². The summed E-state index contributed by atoms with van der Waals surface area (Å²) in [4.78, 5) is 6.73. The second-order valence-electron chi connectivity index (χ2n) is 6.14. The molecule has 138 valence electrons. The lowest BCUT2D eigenvalue weighted by atomic mass is 10.1. The predicted octanol–water partition coefficient (Wildman–Crippen LogP) is 3.03. The van der Waals surface area contributed by atoms with E-state index in [0.717, 1.165) is 11.1 Å². The number of benzene rings is 2. The van der Waals surface area contributed by atoms with Crippen LogP contribution in [-0.4, -0.2) is 23.0 Å². The summed E-state index contributed by atoms with van der Waals surface area (Å²) in [5.74, 6) is -0.574. The molecule has 27 heavy (non-hydrogen) atoms. The number of halogens is 1. The van der Waals surface area contributed by atoms with Crippen molar-refractivity contribution in [3.05, 3.63) is 84.3 Å². The van der Waals surface area contributed by atoms with E-state index in [1.54, 1.807) is 18.6 Å². The summed E-state index contributed by atoms with van der Waals surface area (Å²) in [5, 5.41) is 0.0664. The molecule has 0 fully saturated rings. The van der Waals surface area contributed by atoms with Crippen LogP contribution in [0, 0.1) is 5.82 Å². The fourth-order valence-electron chi connectivity index (χ4n) is 3.03. The minimum atomic E-state index is -3.88. The van der Waals surface area contributed by atoms with Crippen molar-refractivity contribution in [1.29, 1.82) is 0 Å². The number of nitrogens with zero attached hydrogens (tertiary/aromatic N) is 2. The Morgan fingerprint density at radius 3 is 2.70 bits per heavy atom. The van der Waals surface area contributed by atoms with Crippen LogP contribution in [0.2, 0.25) is 0 Å². The largest absolute Gasteiger partial charge is 0.360 e. The molecule has 0 aliphatic heterocycles. The van der Waals surface area contributed by atoms with Gasteiger partial charge < -0.3 is 9.55 Å². The molecule has 0 radical (unpaired) electrons. The van der Waals surface area contributed by atoms with Crippen LogP contribution >= 0.6 is 0 Å². The van der Waals surface area contributed by atoms with E-state index in [9.17, 15) is 12.8 Å². The summed E-state index contributed by atoms with van der Waals surface area (Å²) < 4.78 is 44.1. The molecule has 0 amide bonds. The average molecular weight is 384 g/mol. The summed E-state index contributed by atoms with van der Waals surface area (Å²) in [6.07, 6.45) is 6.55. The topological polar surface area (TPSA) is 79.8 Å². The Hall–Kier alpha value is -2.97. The Labute approximate surface area is 155 Å². The highest BCUT2D eigenvalue weighted by Crippen LogP contribution is 2.25. The van der Waals surface area contributed by atoms with Gasteiger partial charge in [-0.25, -0.2) is 22.5 Å². The second kappa shape index (κ2) is 6.98. The standard InChI is InChI=1S/C19H17FN4O2S/c20-16-6-3-7-17-19(16)18(11-22-17)27(25,26)23-10-14-4-1-2-5-15(14)12-24-9-8-21-13-24/h1-9,11,13,22-23H,10,12H2. The van der Waals surface area contributed by atoms with Gasteiger partial charge in [-0.1, -0.05) is 30.3 Å². The van der Waals surface area contributed by atoms with Crippen molar-refractivity contribution in [1.82, 2.24) is 19.3 Å². The van der Waals surface area contributed by atoms with E-state index in [1.165, 1.54) is 18.3 Å². The number of nitrogens with one attached hydrogen (secondary N) is 2. The van der Waals surface area contributed by atoms with E-state index >= 15 is 0 Å². The fourth-order valence-corrected chi connectivity index (χ4v) is 4.23. The van der Waals surface area contributed by atoms with Crippen molar-refractivity contribution in [3.8, 4) is 0 Å². The van der Waals surface area contributed by atoms with Crippen molar-refractivity contribution >= 4 is 20.9 Å². The van der Waals surface area contributed by atoms with Gasteiger partial charge in [0.05, 0.1) is 11.7 Å². The first kappa shape index (κ1) is 17.4. The molecule has 0 aliphatic carbocycles. The Morgan fingerprint density at radius 1 is 1.11 bits per heavy atom. The van der Waals surface area contributed by atoms with E-state index in [2.05, 4.69) is 14.7 Å². The normalized spacial score (nSPS) is 11.9. The number of aromatic nitrogens is 3. The van der Waals surface area contributed by atoms with Crippen LogP contribution in [0.5, 0.6) is 0 Å². The predicted molar refractivity (Wildman–Crippen MR) is 100 cm³/mol. The number of hydrogen-bond donors (Lipinski definition) is 2. The average Bonchev–Trinajstić information content (AvgIpc) is 3.31. The van der Waals surface area contributed by atoms with E-state index in [0.29, 0.717) is 12.1 Å². The molecule has 2 heterocycles.